The van der Waals surface area contributed by atoms with Crippen molar-refractivity contribution >= 4 is 17.5 Å². The molecule has 0 spiro atoms. The molecule has 0 aliphatic heterocycles. The van der Waals surface area contributed by atoms with Crippen LogP contribution in [0.1, 0.15) is 27.0 Å². The molecule has 0 fully saturated rings. The number of aryl methyl sites for hydroxylation is 3. The fourth-order valence-electron chi connectivity index (χ4n) is 3.10. The average Bonchev–Trinajstić information content (AvgIpc) is 3.19. The highest BCUT2D eigenvalue weighted by molar-refractivity contribution is 5.99. The molecule has 0 atom stereocenters. The summed E-state index contributed by atoms with van der Waals surface area (Å²) in [5, 5.41) is 13.9. The zero-order valence-electron chi connectivity index (χ0n) is 16.3. The van der Waals surface area contributed by atoms with Gasteiger partial charge in [0.15, 0.2) is 0 Å². The minimum absolute atomic E-state index is 0.0413. The number of carbonyl (C=O) groups is 2. The highest BCUT2D eigenvalue weighted by Crippen LogP contribution is 2.21. The number of nitrogens with one attached hydrogen (secondary N) is 1. The van der Waals surface area contributed by atoms with E-state index in [9.17, 15) is 9.59 Å². The summed E-state index contributed by atoms with van der Waals surface area (Å²) in [5.41, 5.74) is 5.16. The van der Waals surface area contributed by atoms with Crippen LogP contribution in [0.2, 0.25) is 0 Å². The molecule has 2 amide bonds. The lowest BCUT2D eigenvalue weighted by Gasteiger charge is -2.18. The van der Waals surface area contributed by atoms with Crippen molar-refractivity contribution in [1.82, 2.24) is 25.1 Å². The van der Waals surface area contributed by atoms with Crippen LogP contribution in [-0.4, -0.2) is 50.5 Å². The quantitative estimate of drug-likeness (QED) is 0.735. The van der Waals surface area contributed by atoms with Crippen LogP contribution >= 0.6 is 0 Å². The number of benzene rings is 2. The van der Waals surface area contributed by atoms with Crippen molar-refractivity contribution in [2.75, 3.05) is 18.9 Å². The van der Waals surface area contributed by atoms with Crippen molar-refractivity contribution in [2.45, 2.75) is 20.8 Å². The summed E-state index contributed by atoms with van der Waals surface area (Å²) < 4.78 is 1.50. The van der Waals surface area contributed by atoms with Gasteiger partial charge in [-0.05, 0) is 66.6 Å². The van der Waals surface area contributed by atoms with Gasteiger partial charge in [0, 0.05) is 18.3 Å². The first-order valence-electron chi connectivity index (χ1n) is 8.81. The van der Waals surface area contributed by atoms with Crippen molar-refractivity contribution in [2.24, 2.45) is 0 Å². The molecule has 3 aromatic rings. The van der Waals surface area contributed by atoms with Gasteiger partial charge >= 0.3 is 0 Å². The Balaban J connectivity index is 1.64. The van der Waals surface area contributed by atoms with E-state index >= 15 is 0 Å². The summed E-state index contributed by atoms with van der Waals surface area (Å²) in [4.78, 5) is 26.4. The van der Waals surface area contributed by atoms with E-state index in [0.717, 1.165) is 28.1 Å². The fraction of sp³-hybridized carbons (Fsp3) is 0.250. The summed E-state index contributed by atoms with van der Waals surface area (Å²) in [5.74, 6) is -0.480. The molecule has 8 heteroatoms. The second-order valence-electron chi connectivity index (χ2n) is 6.78. The van der Waals surface area contributed by atoms with Crippen molar-refractivity contribution in [3.05, 3.63) is 65.0 Å². The Hall–Kier alpha value is -3.55. The van der Waals surface area contributed by atoms with Crippen LogP contribution in [-0.2, 0) is 4.79 Å². The van der Waals surface area contributed by atoms with E-state index in [1.165, 1.54) is 15.9 Å². The molecular weight excluding hydrogens is 356 g/mol. The zero-order valence-corrected chi connectivity index (χ0v) is 16.3. The molecule has 28 heavy (non-hydrogen) atoms. The van der Waals surface area contributed by atoms with Gasteiger partial charge in [0.05, 0.1) is 12.2 Å². The number of rotatable bonds is 5. The predicted molar refractivity (Wildman–Crippen MR) is 105 cm³/mol. The van der Waals surface area contributed by atoms with E-state index in [2.05, 4.69) is 20.8 Å². The molecule has 3 rings (SSSR count). The Morgan fingerprint density at radius 2 is 1.71 bits per heavy atom. The smallest absolute Gasteiger partial charge is 0.254 e. The third-order valence-electron chi connectivity index (χ3n) is 4.40. The maximum atomic E-state index is 12.6. The summed E-state index contributed by atoms with van der Waals surface area (Å²) in [6.07, 6.45) is 1.47. The van der Waals surface area contributed by atoms with E-state index < -0.39 is 0 Å². The maximum Gasteiger partial charge on any atom is 0.254 e. The van der Waals surface area contributed by atoms with Crippen LogP contribution in [0.5, 0.6) is 0 Å². The van der Waals surface area contributed by atoms with Crippen LogP contribution in [0, 0.1) is 20.8 Å². The molecule has 144 valence electrons. The van der Waals surface area contributed by atoms with Crippen molar-refractivity contribution in [1.29, 1.82) is 0 Å². The highest BCUT2D eigenvalue weighted by atomic mass is 16.2. The van der Waals surface area contributed by atoms with Crippen molar-refractivity contribution < 1.29 is 9.59 Å². The summed E-state index contributed by atoms with van der Waals surface area (Å²) in [6, 6.07) is 10.9. The normalized spacial score (nSPS) is 10.6. The molecule has 0 unspecified atom stereocenters. The molecule has 1 N–H and O–H groups in total. The number of nitrogens with zero attached hydrogens (tertiary/aromatic N) is 5. The first-order chi connectivity index (χ1) is 13.3. The van der Waals surface area contributed by atoms with Gasteiger partial charge in [-0.1, -0.05) is 17.7 Å². The monoisotopic (exact) mass is 378 g/mol. The van der Waals surface area contributed by atoms with Crippen molar-refractivity contribution in [3.63, 3.8) is 0 Å². The van der Waals surface area contributed by atoms with Crippen LogP contribution in [0.15, 0.2) is 42.7 Å². The second kappa shape index (κ2) is 7.99. The van der Waals surface area contributed by atoms with E-state index in [4.69, 9.17) is 0 Å². The molecular formula is C20H22N6O2. The lowest BCUT2D eigenvalue weighted by atomic mass is 10.1. The Kier molecular flexibility index (Phi) is 5.49. The van der Waals surface area contributed by atoms with Crippen LogP contribution in [0.4, 0.5) is 5.69 Å². The molecule has 2 aromatic carbocycles. The number of aromatic nitrogens is 4. The van der Waals surface area contributed by atoms with E-state index in [1.807, 2.05) is 32.9 Å². The molecule has 0 radical (unpaired) electrons. The van der Waals surface area contributed by atoms with Gasteiger partial charge in [-0.25, -0.2) is 4.68 Å². The topological polar surface area (TPSA) is 93.0 Å². The third kappa shape index (κ3) is 4.22. The van der Waals surface area contributed by atoms with Gasteiger partial charge in [-0.3, -0.25) is 9.59 Å². The third-order valence-corrected chi connectivity index (χ3v) is 4.40. The number of hydrogen-bond acceptors (Lipinski definition) is 5. The Morgan fingerprint density at radius 3 is 2.29 bits per heavy atom. The van der Waals surface area contributed by atoms with Gasteiger partial charge in [0.2, 0.25) is 5.91 Å². The van der Waals surface area contributed by atoms with Crippen LogP contribution in [0.25, 0.3) is 5.69 Å². The number of hydrogen-bond donors (Lipinski definition) is 1. The highest BCUT2D eigenvalue weighted by Gasteiger charge is 2.16. The molecule has 0 saturated heterocycles. The largest absolute Gasteiger partial charge is 0.332 e. The average molecular weight is 378 g/mol. The number of anilines is 1. The van der Waals surface area contributed by atoms with Gasteiger partial charge in [0.1, 0.15) is 6.33 Å². The number of amides is 2. The molecule has 0 aliphatic carbocycles. The minimum Gasteiger partial charge on any atom is -0.332 e. The Labute approximate surface area is 163 Å². The maximum absolute atomic E-state index is 12.6. The van der Waals surface area contributed by atoms with Gasteiger partial charge in [-0.2, -0.15) is 0 Å². The van der Waals surface area contributed by atoms with E-state index in [1.54, 1.807) is 31.3 Å². The first-order valence-corrected chi connectivity index (χ1v) is 8.81. The number of likely N-dealkylation sites (N-methyl/N-ethyl adjacent to an activating group) is 1. The first kappa shape index (κ1) is 19.2. The summed E-state index contributed by atoms with van der Waals surface area (Å²) >= 11 is 0. The SMILES string of the molecule is Cc1cc(C)c(NC(=O)CN(C)C(=O)c2ccc(-n3cnnn3)cc2)c(C)c1. The van der Waals surface area contributed by atoms with Crippen LogP contribution < -0.4 is 5.32 Å². The number of carbonyl (C=O) groups excluding carboxylic acids is 2. The molecule has 8 nitrogen and oxygen atoms in total. The van der Waals surface area contributed by atoms with Gasteiger partial charge in [-0.15, -0.1) is 5.10 Å². The Morgan fingerprint density at radius 1 is 1.07 bits per heavy atom. The summed E-state index contributed by atoms with van der Waals surface area (Å²) in [6.45, 7) is 5.89. The molecule has 0 bridgehead atoms. The van der Waals surface area contributed by atoms with Gasteiger partial charge < -0.3 is 10.2 Å². The van der Waals surface area contributed by atoms with Crippen molar-refractivity contribution in [3.8, 4) is 5.69 Å². The molecule has 1 aromatic heterocycles. The lowest BCUT2D eigenvalue weighted by Crippen LogP contribution is -2.35. The zero-order chi connectivity index (χ0) is 20.3. The predicted octanol–water partition coefficient (Wildman–Crippen LogP) is 2.30. The second-order valence-corrected chi connectivity index (χ2v) is 6.78. The molecule has 0 aliphatic rings. The van der Waals surface area contributed by atoms with E-state index in [-0.39, 0.29) is 18.4 Å². The summed E-state index contributed by atoms with van der Waals surface area (Å²) in [7, 11) is 1.60. The van der Waals surface area contributed by atoms with E-state index in [0.29, 0.717) is 5.56 Å². The van der Waals surface area contributed by atoms with Gasteiger partial charge in [0.25, 0.3) is 5.91 Å². The number of tetrazole rings is 1. The molecule has 1 heterocycles. The fourth-order valence-corrected chi connectivity index (χ4v) is 3.10. The lowest BCUT2D eigenvalue weighted by molar-refractivity contribution is -0.116. The van der Waals surface area contributed by atoms with Crippen LogP contribution in [0.3, 0.4) is 0 Å². The molecule has 0 saturated carbocycles. The minimum atomic E-state index is -0.240. The standard InChI is InChI=1S/C20H22N6O2/c1-13-9-14(2)19(15(3)10-13)22-18(27)11-25(4)20(28)16-5-7-17(8-6-16)26-12-21-23-24-26/h5-10,12H,11H2,1-4H3,(H,22,27). The Bertz CT molecular complexity index is 973.